The average molecular weight is 278 g/mol. The summed E-state index contributed by atoms with van der Waals surface area (Å²) in [7, 11) is 0. The van der Waals surface area contributed by atoms with Crippen LogP contribution in [0.5, 0.6) is 0 Å². The quantitative estimate of drug-likeness (QED) is 0.803. The summed E-state index contributed by atoms with van der Waals surface area (Å²) in [6, 6.07) is 6.13. The smallest absolute Gasteiger partial charge is 0.248 e. The van der Waals surface area contributed by atoms with E-state index in [1.807, 2.05) is 26.8 Å². The second kappa shape index (κ2) is 7.61. The van der Waals surface area contributed by atoms with Crippen LogP contribution in [0.2, 0.25) is 0 Å². The fourth-order valence-corrected chi connectivity index (χ4v) is 1.66. The Morgan fingerprint density at radius 2 is 2.20 bits per heavy atom. The first-order chi connectivity index (χ1) is 9.47. The van der Waals surface area contributed by atoms with E-state index in [0.717, 1.165) is 0 Å². The van der Waals surface area contributed by atoms with Gasteiger partial charge in [-0.05, 0) is 32.9 Å². The molecule has 0 unspecified atom stereocenters. The first-order valence-corrected chi connectivity index (χ1v) is 6.55. The van der Waals surface area contributed by atoms with E-state index in [9.17, 15) is 9.18 Å². The van der Waals surface area contributed by atoms with E-state index in [4.69, 9.17) is 10.00 Å². The van der Waals surface area contributed by atoms with Crippen molar-refractivity contribution in [2.75, 3.05) is 13.2 Å². The zero-order chi connectivity index (χ0) is 15.1. The summed E-state index contributed by atoms with van der Waals surface area (Å²) in [5.74, 6) is -0.648. The molecule has 0 fully saturated rings. The molecule has 0 saturated heterocycles. The zero-order valence-corrected chi connectivity index (χ0v) is 12.0. The molecule has 1 rings (SSSR count). The second-order valence-corrected chi connectivity index (χ2v) is 4.69. The van der Waals surface area contributed by atoms with Gasteiger partial charge in [-0.1, -0.05) is 6.07 Å². The van der Waals surface area contributed by atoms with E-state index in [1.165, 1.54) is 17.0 Å². The van der Waals surface area contributed by atoms with Gasteiger partial charge in [0, 0.05) is 18.7 Å². The van der Waals surface area contributed by atoms with Gasteiger partial charge in [0.15, 0.2) is 0 Å². The maximum absolute atomic E-state index is 13.8. The van der Waals surface area contributed by atoms with Crippen molar-refractivity contribution in [1.82, 2.24) is 4.90 Å². The molecule has 0 aromatic heterocycles. The zero-order valence-electron chi connectivity index (χ0n) is 12.0. The van der Waals surface area contributed by atoms with Crippen molar-refractivity contribution >= 4 is 5.91 Å². The van der Waals surface area contributed by atoms with Crippen molar-refractivity contribution in [3.05, 3.63) is 35.1 Å². The fraction of sp³-hybridized carbons (Fsp3) is 0.467. The predicted octanol–water partition coefficient (Wildman–Crippen LogP) is 2.47. The van der Waals surface area contributed by atoms with Crippen molar-refractivity contribution in [3.63, 3.8) is 0 Å². The Balaban J connectivity index is 2.73. The van der Waals surface area contributed by atoms with Crippen molar-refractivity contribution in [1.29, 1.82) is 5.26 Å². The molecule has 0 radical (unpaired) electrons. The van der Waals surface area contributed by atoms with Crippen LogP contribution in [0.1, 0.15) is 31.9 Å². The van der Waals surface area contributed by atoms with Crippen LogP contribution in [0.15, 0.2) is 18.2 Å². The normalized spacial score (nSPS) is 10.4. The number of carbonyl (C=O) groups excluding carboxylic acids is 1. The van der Waals surface area contributed by atoms with Crippen LogP contribution in [0.25, 0.3) is 0 Å². The lowest BCUT2D eigenvalue weighted by atomic mass is 10.1. The lowest BCUT2D eigenvalue weighted by molar-refractivity contribution is -0.138. The first-order valence-electron chi connectivity index (χ1n) is 6.55. The monoisotopic (exact) mass is 278 g/mol. The summed E-state index contributed by atoms with van der Waals surface area (Å²) >= 11 is 0. The van der Waals surface area contributed by atoms with Crippen LogP contribution >= 0.6 is 0 Å². The second-order valence-electron chi connectivity index (χ2n) is 4.69. The predicted molar refractivity (Wildman–Crippen MR) is 73.3 cm³/mol. The maximum atomic E-state index is 13.8. The molecule has 0 aliphatic heterocycles. The molecule has 0 N–H and O–H groups in total. The molecular weight excluding hydrogens is 259 g/mol. The van der Waals surface area contributed by atoms with Gasteiger partial charge >= 0.3 is 0 Å². The SMILES string of the molecule is CCN(Cc1ccc(C#N)cc1F)C(=O)COC(C)C. The first kappa shape index (κ1) is 16.1. The van der Waals surface area contributed by atoms with Gasteiger partial charge in [-0.25, -0.2) is 4.39 Å². The highest BCUT2D eigenvalue weighted by molar-refractivity contribution is 5.77. The van der Waals surface area contributed by atoms with E-state index < -0.39 is 5.82 Å². The van der Waals surface area contributed by atoms with Crippen molar-refractivity contribution in [2.45, 2.75) is 33.4 Å². The number of benzene rings is 1. The molecule has 1 aromatic carbocycles. The Hall–Kier alpha value is -1.93. The van der Waals surface area contributed by atoms with Crippen LogP contribution in [0.3, 0.4) is 0 Å². The molecule has 0 aliphatic rings. The van der Waals surface area contributed by atoms with Crippen molar-refractivity contribution < 1.29 is 13.9 Å². The number of halogens is 1. The Labute approximate surface area is 118 Å². The summed E-state index contributed by atoms with van der Waals surface area (Å²) in [4.78, 5) is 13.5. The van der Waals surface area contributed by atoms with Crippen LogP contribution in [-0.2, 0) is 16.1 Å². The van der Waals surface area contributed by atoms with Gasteiger partial charge in [0.25, 0.3) is 0 Å². The van der Waals surface area contributed by atoms with Crippen LogP contribution in [0.4, 0.5) is 4.39 Å². The van der Waals surface area contributed by atoms with Gasteiger partial charge in [0.2, 0.25) is 5.91 Å². The summed E-state index contributed by atoms with van der Waals surface area (Å²) < 4.78 is 19.1. The average Bonchev–Trinajstić information content (AvgIpc) is 2.43. The molecule has 1 amide bonds. The highest BCUT2D eigenvalue weighted by Crippen LogP contribution is 2.13. The summed E-state index contributed by atoms with van der Waals surface area (Å²) in [6.45, 7) is 6.17. The molecular formula is C15H19FN2O2. The fourth-order valence-electron chi connectivity index (χ4n) is 1.66. The number of hydrogen-bond acceptors (Lipinski definition) is 3. The molecule has 4 nitrogen and oxygen atoms in total. The molecule has 108 valence electrons. The number of carbonyl (C=O) groups is 1. The number of rotatable bonds is 6. The molecule has 0 saturated carbocycles. The van der Waals surface area contributed by atoms with Crippen molar-refractivity contribution in [3.8, 4) is 6.07 Å². The lowest BCUT2D eigenvalue weighted by Gasteiger charge is -2.22. The summed E-state index contributed by atoms with van der Waals surface area (Å²) in [5.41, 5.74) is 0.660. The van der Waals surface area contributed by atoms with Crippen molar-refractivity contribution in [2.24, 2.45) is 0 Å². The molecule has 0 bridgehead atoms. The Kier molecular flexibility index (Phi) is 6.13. The largest absolute Gasteiger partial charge is 0.369 e. The Bertz CT molecular complexity index is 509. The van der Waals surface area contributed by atoms with Gasteiger partial charge < -0.3 is 9.64 Å². The van der Waals surface area contributed by atoms with E-state index in [-0.39, 0.29) is 30.7 Å². The minimum atomic E-state index is -0.472. The molecule has 5 heteroatoms. The van der Waals surface area contributed by atoms with E-state index in [0.29, 0.717) is 12.1 Å². The third-order valence-corrected chi connectivity index (χ3v) is 2.82. The topological polar surface area (TPSA) is 53.3 Å². The Morgan fingerprint density at radius 1 is 1.50 bits per heavy atom. The minimum absolute atomic E-state index is 0.0105. The molecule has 1 aromatic rings. The third-order valence-electron chi connectivity index (χ3n) is 2.82. The van der Waals surface area contributed by atoms with Crippen LogP contribution in [0, 0.1) is 17.1 Å². The molecule has 0 spiro atoms. The molecule has 20 heavy (non-hydrogen) atoms. The van der Waals surface area contributed by atoms with E-state index in [2.05, 4.69) is 0 Å². The highest BCUT2D eigenvalue weighted by atomic mass is 19.1. The number of hydrogen-bond donors (Lipinski definition) is 0. The maximum Gasteiger partial charge on any atom is 0.248 e. The number of amides is 1. The third kappa shape index (κ3) is 4.63. The molecule has 0 atom stereocenters. The standard InChI is InChI=1S/C15H19FN2O2/c1-4-18(15(19)10-20-11(2)3)9-13-6-5-12(8-17)7-14(13)16/h5-7,11H,4,9-10H2,1-3H3. The lowest BCUT2D eigenvalue weighted by Crippen LogP contribution is -2.34. The number of nitrogens with zero attached hydrogens (tertiary/aromatic N) is 2. The van der Waals surface area contributed by atoms with Gasteiger partial charge in [-0.3, -0.25) is 4.79 Å². The van der Waals surface area contributed by atoms with Gasteiger partial charge in [-0.15, -0.1) is 0 Å². The number of ether oxygens (including phenoxy) is 1. The van der Waals surface area contributed by atoms with Gasteiger partial charge in [0.1, 0.15) is 12.4 Å². The van der Waals surface area contributed by atoms with E-state index in [1.54, 1.807) is 6.07 Å². The Morgan fingerprint density at radius 3 is 2.70 bits per heavy atom. The minimum Gasteiger partial charge on any atom is -0.369 e. The summed E-state index contributed by atoms with van der Waals surface area (Å²) in [6.07, 6.45) is -0.0238. The summed E-state index contributed by atoms with van der Waals surface area (Å²) in [5, 5.41) is 8.69. The van der Waals surface area contributed by atoms with Gasteiger partial charge in [-0.2, -0.15) is 5.26 Å². The van der Waals surface area contributed by atoms with Crippen LogP contribution in [-0.4, -0.2) is 30.1 Å². The highest BCUT2D eigenvalue weighted by Gasteiger charge is 2.15. The molecule has 0 aliphatic carbocycles. The van der Waals surface area contributed by atoms with E-state index >= 15 is 0 Å². The van der Waals surface area contributed by atoms with Crippen LogP contribution < -0.4 is 0 Å². The van der Waals surface area contributed by atoms with Gasteiger partial charge in [0.05, 0.1) is 17.7 Å². The number of nitriles is 1. The molecule has 0 heterocycles. The number of likely N-dealkylation sites (N-methyl/N-ethyl adjacent to an activating group) is 1.